The van der Waals surface area contributed by atoms with Crippen LogP contribution in [0.2, 0.25) is 0 Å². The van der Waals surface area contributed by atoms with Gasteiger partial charge in [0.2, 0.25) is 5.91 Å². The highest BCUT2D eigenvalue weighted by Gasteiger charge is 2.57. The van der Waals surface area contributed by atoms with Gasteiger partial charge in [0.05, 0.1) is 18.3 Å². The van der Waals surface area contributed by atoms with Gasteiger partial charge in [-0.2, -0.15) is 0 Å². The molecule has 0 spiro atoms. The number of anilines is 1. The standard InChI is InChI=1S/C12H20N2O.C7H9NOS.C4H9NO/c1-14-10-8-2-7-3-9(10)6-12(4-7,5-8)11(13)15;1-9-7-3-2-5(10)4-6(7)8;1-4(2,5)3-6/h7-10,14H,2-6H2,1H3,(H2,13,15);2-4,10H,8H2,1H3;3H,5H2,1-2H3. The number of hydrogen-bond acceptors (Lipinski definition) is 7. The van der Waals surface area contributed by atoms with E-state index in [1.165, 1.54) is 12.8 Å². The van der Waals surface area contributed by atoms with Gasteiger partial charge in [-0.1, -0.05) is 0 Å². The van der Waals surface area contributed by atoms with E-state index in [1.807, 2.05) is 6.07 Å². The number of rotatable bonds is 4. The predicted molar refractivity (Wildman–Crippen MR) is 127 cm³/mol. The summed E-state index contributed by atoms with van der Waals surface area (Å²) in [7, 11) is 3.65. The molecule has 0 aliphatic heterocycles. The Bertz CT molecular complexity index is 765. The van der Waals surface area contributed by atoms with Crippen LogP contribution in [0.15, 0.2) is 23.1 Å². The minimum Gasteiger partial charge on any atom is -0.495 e. The molecule has 0 heterocycles. The van der Waals surface area contributed by atoms with E-state index in [0.29, 0.717) is 35.6 Å². The number of hydrogen-bond donors (Lipinski definition) is 5. The Balaban J connectivity index is 0.000000185. The number of nitrogens with two attached hydrogens (primary N) is 3. The first-order valence-electron chi connectivity index (χ1n) is 10.8. The van der Waals surface area contributed by atoms with Gasteiger partial charge in [-0.25, -0.2) is 0 Å². The summed E-state index contributed by atoms with van der Waals surface area (Å²) in [5, 5.41) is 3.45. The molecule has 1 aromatic rings. The summed E-state index contributed by atoms with van der Waals surface area (Å²) < 4.78 is 4.94. The van der Waals surface area contributed by atoms with Crippen LogP contribution >= 0.6 is 12.6 Å². The molecule has 0 radical (unpaired) electrons. The van der Waals surface area contributed by atoms with E-state index in [0.717, 1.165) is 30.1 Å². The number of carbonyl (C=O) groups excluding carboxylic acids is 2. The number of ether oxygens (including phenoxy) is 1. The van der Waals surface area contributed by atoms with Crippen LogP contribution < -0.4 is 27.3 Å². The Labute approximate surface area is 191 Å². The van der Waals surface area contributed by atoms with E-state index in [4.69, 9.17) is 21.9 Å². The van der Waals surface area contributed by atoms with Gasteiger partial charge in [0.15, 0.2) is 0 Å². The van der Waals surface area contributed by atoms with Crippen molar-refractivity contribution in [3.63, 3.8) is 0 Å². The fourth-order valence-electron chi connectivity index (χ4n) is 5.52. The lowest BCUT2D eigenvalue weighted by atomic mass is 9.47. The van der Waals surface area contributed by atoms with Crippen LogP contribution in [0.25, 0.3) is 0 Å². The van der Waals surface area contributed by atoms with Crippen LogP contribution in [0, 0.1) is 23.2 Å². The quantitative estimate of drug-likeness (QED) is 0.272. The van der Waals surface area contributed by atoms with Crippen LogP contribution in [0.1, 0.15) is 46.0 Å². The highest BCUT2D eigenvalue weighted by Crippen LogP contribution is 2.59. The second kappa shape index (κ2) is 10.2. The summed E-state index contributed by atoms with van der Waals surface area (Å²) in [4.78, 5) is 22.2. The fraction of sp³-hybridized carbons (Fsp3) is 0.652. The van der Waals surface area contributed by atoms with E-state index in [-0.39, 0.29) is 11.3 Å². The Kier molecular flexibility index (Phi) is 8.41. The van der Waals surface area contributed by atoms with Crippen LogP contribution in [-0.2, 0) is 9.59 Å². The Morgan fingerprint density at radius 2 is 1.81 bits per heavy atom. The van der Waals surface area contributed by atoms with Crippen molar-refractivity contribution in [1.29, 1.82) is 0 Å². The van der Waals surface area contributed by atoms with Crippen LogP contribution in [0.3, 0.4) is 0 Å². The highest BCUT2D eigenvalue weighted by molar-refractivity contribution is 7.80. The number of amides is 1. The molecule has 5 rings (SSSR count). The Hall–Kier alpha value is -1.77. The van der Waals surface area contributed by atoms with E-state index in [9.17, 15) is 9.59 Å². The number of nitrogens with one attached hydrogen (secondary N) is 1. The second-order valence-electron chi connectivity index (χ2n) is 9.79. The summed E-state index contributed by atoms with van der Waals surface area (Å²) >= 11 is 4.10. The lowest BCUT2D eigenvalue weighted by Crippen LogP contribution is -2.60. The monoisotopic (exact) mass is 450 g/mol. The van der Waals surface area contributed by atoms with Crippen LogP contribution in [0.4, 0.5) is 5.69 Å². The van der Waals surface area contributed by atoms with Gasteiger partial charge in [-0.05, 0) is 89.0 Å². The molecule has 0 aromatic heterocycles. The smallest absolute Gasteiger partial charge is 0.223 e. The molecule has 174 valence electrons. The average Bonchev–Trinajstić information content (AvgIpc) is 2.68. The van der Waals surface area contributed by atoms with E-state index < -0.39 is 5.54 Å². The summed E-state index contributed by atoms with van der Waals surface area (Å²) in [5.74, 6) is 2.84. The fourth-order valence-corrected chi connectivity index (χ4v) is 5.73. The minimum atomic E-state index is -0.639. The third-order valence-corrected chi connectivity index (χ3v) is 6.92. The first-order valence-corrected chi connectivity index (χ1v) is 11.2. The van der Waals surface area contributed by atoms with Gasteiger partial charge in [-0.3, -0.25) is 4.79 Å². The average molecular weight is 451 g/mol. The number of carbonyl (C=O) groups is 2. The van der Waals surface area contributed by atoms with Crippen molar-refractivity contribution >= 4 is 30.5 Å². The molecule has 1 amide bonds. The maximum absolute atomic E-state index is 11.6. The van der Waals surface area contributed by atoms with Crippen molar-refractivity contribution in [2.24, 2.45) is 34.6 Å². The minimum absolute atomic E-state index is 0.0311. The highest BCUT2D eigenvalue weighted by atomic mass is 32.1. The van der Waals surface area contributed by atoms with Gasteiger partial charge in [0.1, 0.15) is 12.0 Å². The molecule has 0 saturated heterocycles. The maximum atomic E-state index is 11.6. The van der Waals surface area contributed by atoms with Gasteiger partial charge in [0.25, 0.3) is 0 Å². The zero-order valence-electron chi connectivity index (χ0n) is 19.1. The molecule has 4 saturated carbocycles. The molecular weight excluding hydrogens is 412 g/mol. The summed E-state index contributed by atoms with van der Waals surface area (Å²) in [6.45, 7) is 3.31. The Morgan fingerprint density at radius 1 is 1.26 bits per heavy atom. The zero-order valence-corrected chi connectivity index (χ0v) is 20.0. The van der Waals surface area contributed by atoms with Gasteiger partial charge < -0.3 is 32.0 Å². The molecule has 2 unspecified atom stereocenters. The van der Waals surface area contributed by atoms with Crippen molar-refractivity contribution in [2.45, 2.75) is 62.4 Å². The van der Waals surface area contributed by atoms with Crippen molar-refractivity contribution in [3.8, 4) is 5.75 Å². The van der Waals surface area contributed by atoms with Gasteiger partial charge in [-0.15, -0.1) is 12.6 Å². The lowest BCUT2D eigenvalue weighted by molar-refractivity contribution is -0.145. The SMILES string of the molecule is CC(C)(N)C=O.CNC1C2CC3CC1CC(C(N)=O)(C3)C2.COc1ccc(S)cc1N. The third kappa shape index (κ3) is 6.37. The van der Waals surface area contributed by atoms with E-state index in [1.54, 1.807) is 33.1 Å². The molecule has 4 aliphatic carbocycles. The molecule has 2 atom stereocenters. The number of thiol groups is 1. The summed E-state index contributed by atoms with van der Waals surface area (Å²) in [6.07, 6.45) is 6.51. The topological polar surface area (TPSA) is 133 Å². The summed E-state index contributed by atoms with van der Waals surface area (Å²) in [6, 6.07) is 6.02. The third-order valence-electron chi connectivity index (χ3n) is 6.65. The molecular formula is C23H38N4O3S. The first kappa shape index (κ1) is 25.5. The maximum Gasteiger partial charge on any atom is 0.223 e. The van der Waals surface area contributed by atoms with Crippen LogP contribution in [0.5, 0.6) is 5.75 Å². The zero-order chi connectivity index (χ0) is 23.4. The van der Waals surface area contributed by atoms with E-state index >= 15 is 0 Å². The number of benzene rings is 1. The van der Waals surface area contributed by atoms with E-state index in [2.05, 4.69) is 25.0 Å². The van der Waals surface area contributed by atoms with Crippen LogP contribution in [-0.4, -0.2) is 37.9 Å². The molecule has 4 bridgehead atoms. The molecule has 4 aliphatic rings. The molecule has 1 aromatic carbocycles. The normalized spacial score (nSPS) is 30.4. The molecule has 7 N–H and O–H groups in total. The predicted octanol–water partition coefficient (Wildman–Crippen LogP) is 2.37. The van der Waals surface area contributed by atoms with Crippen molar-refractivity contribution in [3.05, 3.63) is 18.2 Å². The van der Waals surface area contributed by atoms with Crippen molar-refractivity contribution in [1.82, 2.24) is 5.32 Å². The molecule has 31 heavy (non-hydrogen) atoms. The van der Waals surface area contributed by atoms with Crippen molar-refractivity contribution < 1.29 is 14.3 Å². The number of aldehydes is 1. The van der Waals surface area contributed by atoms with Gasteiger partial charge in [0, 0.05) is 16.4 Å². The molecule has 8 heteroatoms. The molecule has 4 fully saturated rings. The summed E-state index contributed by atoms with van der Waals surface area (Å²) in [5.41, 5.74) is 16.2. The number of nitrogen functional groups attached to an aromatic ring is 1. The van der Waals surface area contributed by atoms with Crippen molar-refractivity contribution in [2.75, 3.05) is 19.9 Å². The molecule has 7 nitrogen and oxygen atoms in total. The largest absolute Gasteiger partial charge is 0.495 e. The number of primary amides is 1. The lowest BCUT2D eigenvalue weighted by Gasteiger charge is -2.58. The van der Waals surface area contributed by atoms with Gasteiger partial charge >= 0.3 is 0 Å². The second-order valence-corrected chi connectivity index (χ2v) is 10.3. The Morgan fingerprint density at radius 3 is 2.19 bits per heavy atom. The number of methoxy groups -OCH3 is 1. The first-order chi connectivity index (χ1) is 14.4.